The van der Waals surface area contributed by atoms with Crippen LogP contribution in [-0.4, -0.2) is 58.0 Å². The lowest BCUT2D eigenvalue weighted by molar-refractivity contribution is -0.144. The number of amides is 2. The molecule has 2 N–H and O–H groups in total. The minimum atomic E-state index is -0.620. The normalized spacial score (nSPS) is 14.5. The Morgan fingerprint density at radius 1 is 0.848 bits per heavy atom. The van der Waals surface area contributed by atoms with Gasteiger partial charge in [-0.05, 0) is 29.3 Å². The molecule has 33 heavy (non-hydrogen) atoms. The largest absolute Gasteiger partial charge is 0.332 e. The number of fused-ring (bicyclic) bond motifs is 1. The lowest BCUT2D eigenvalue weighted by Gasteiger charge is -2.39. The molecule has 0 spiro atoms. The summed E-state index contributed by atoms with van der Waals surface area (Å²) in [7, 11) is 0. The molecule has 1 fully saturated rings. The zero-order chi connectivity index (χ0) is 22.6. The second-order valence-corrected chi connectivity index (χ2v) is 8.18. The number of hydrogen-bond acceptors (Lipinski definition) is 4. The van der Waals surface area contributed by atoms with E-state index >= 15 is 0 Å². The van der Waals surface area contributed by atoms with Crippen molar-refractivity contribution in [3.8, 4) is 0 Å². The summed E-state index contributed by atoms with van der Waals surface area (Å²) >= 11 is 0. The van der Waals surface area contributed by atoms with E-state index < -0.39 is 11.8 Å². The van der Waals surface area contributed by atoms with Crippen molar-refractivity contribution in [2.75, 3.05) is 31.5 Å². The highest BCUT2D eigenvalue weighted by atomic mass is 16.2. The second-order valence-electron chi connectivity index (χ2n) is 8.18. The van der Waals surface area contributed by atoms with Crippen molar-refractivity contribution in [2.45, 2.75) is 6.04 Å². The Bertz CT molecular complexity index is 1210. The van der Waals surface area contributed by atoms with Gasteiger partial charge in [-0.1, -0.05) is 60.7 Å². The minimum Gasteiger partial charge on any atom is -0.332 e. The van der Waals surface area contributed by atoms with Crippen molar-refractivity contribution < 1.29 is 9.59 Å². The first kappa shape index (κ1) is 20.9. The first-order chi connectivity index (χ1) is 16.2. The molecular formula is C26H25N5O2. The molecule has 0 radical (unpaired) electrons. The van der Waals surface area contributed by atoms with Crippen LogP contribution in [0.25, 0.3) is 10.9 Å². The molecule has 1 aromatic heterocycles. The van der Waals surface area contributed by atoms with Crippen molar-refractivity contribution in [3.63, 3.8) is 0 Å². The van der Waals surface area contributed by atoms with Crippen LogP contribution in [0.2, 0.25) is 0 Å². The topological polar surface area (TPSA) is 81.3 Å². The van der Waals surface area contributed by atoms with Gasteiger partial charge in [-0.3, -0.25) is 19.6 Å². The Balaban J connectivity index is 1.25. The van der Waals surface area contributed by atoms with Crippen LogP contribution in [-0.2, 0) is 9.59 Å². The van der Waals surface area contributed by atoms with Gasteiger partial charge in [0.2, 0.25) is 0 Å². The van der Waals surface area contributed by atoms with Gasteiger partial charge in [0.1, 0.15) is 0 Å². The molecule has 5 rings (SSSR count). The molecule has 1 aliphatic rings. The van der Waals surface area contributed by atoms with Crippen LogP contribution in [0.5, 0.6) is 0 Å². The quantitative estimate of drug-likeness (QED) is 0.478. The predicted octanol–water partition coefficient (Wildman–Crippen LogP) is 3.44. The lowest BCUT2D eigenvalue weighted by Crippen LogP contribution is -2.52. The zero-order valence-electron chi connectivity index (χ0n) is 18.1. The third kappa shape index (κ3) is 4.49. The maximum Gasteiger partial charge on any atom is 0.313 e. The summed E-state index contributed by atoms with van der Waals surface area (Å²) in [6.07, 6.45) is 1.71. The van der Waals surface area contributed by atoms with E-state index in [4.69, 9.17) is 0 Å². The van der Waals surface area contributed by atoms with E-state index in [9.17, 15) is 9.59 Å². The number of nitrogens with zero attached hydrogens (tertiary/aromatic N) is 3. The Kier molecular flexibility index (Phi) is 5.87. The number of aromatic nitrogens is 2. The highest BCUT2D eigenvalue weighted by molar-refractivity contribution is 6.39. The summed E-state index contributed by atoms with van der Waals surface area (Å²) in [6, 6.07) is 26.3. The Morgan fingerprint density at radius 3 is 2.12 bits per heavy atom. The summed E-state index contributed by atoms with van der Waals surface area (Å²) in [5, 5.41) is 10.5. The molecule has 7 nitrogen and oxygen atoms in total. The van der Waals surface area contributed by atoms with Gasteiger partial charge in [-0.2, -0.15) is 5.10 Å². The van der Waals surface area contributed by atoms with E-state index in [1.807, 2.05) is 18.2 Å². The third-order valence-corrected chi connectivity index (χ3v) is 6.09. The van der Waals surface area contributed by atoms with Gasteiger partial charge in [-0.25, -0.2) is 0 Å². The zero-order valence-corrected chi connectivity index (χ0v) is 18.1. The number of benzene rings is 3. The van der Waals surface area contributed by atoms with Crippen LogP contribution in [0.4, 0.5) is 5.69 Å². The average Bonchev–Trinajstić information content (AvgIpc) is 3.33. The Morgan fingerprint density at radius 2 is 1.48 bits per heavy atom. The van der Waals surface area contributed by atoms with Crippen molar-refractivity contribution in [3.05, 3.63) is 96.2 Å². The fourth-order valence-electron chi connectivity index (χ4n) is 4.41. The highest BCUT2D eigenvalue weighted by Crippen LogP contribution is 2.29. The van der Waals surface area contributed by atoms with E-state index in [-0.39, 0.29) is 6.04 Å². The van der Waals surface area contributed by atoms with E-state index in [2.05, 4.69) is 68.9 Å². The summed E-state index contributed by atoms with van der Waals surface area (Å²) < 4.78 is 0. The third-order valence-electron chi connectivity index (χ3n) is 6.09. The summed E-state index contributed by atoms with van der Waals surface area (Å²) in [6.45, 7) is 2.38. The number of carbonyl (C=O) groups excluding carboxylic acids is 2. The molecule has 4 aromatic rings. The van der Waals surface area contributed by atoms with Gasteiger partial charge in [0, 0.05) is 37.3 Å². The first-order valence-corrected chi connectivity index (χ1v) is 11.1. The number of anilines is 1. The molecule has 0 saturated carbocycles. The number of aromatic amines is 1. The summed E-state index contributed by atoms with van der Waals surface area (Å²) in [5.74, 6) is -1.12. The van der Waals surface area contributed by atoms with Crippen LogP contribution in [0.3, 0.4) is 0 Å². The molecule has 1 aliphatic heterocycles. The fraction of sp³-hybridized carbons (Fsp3) is 0.192. The van der Waals surface area contributed by atoms with E-state index in [0.29, 0.717) is 31.9 Å². The lowest BCUT2D eigenvalue weighted by atomic mass is 9.96. The van der Waals surface area contributed by atoms with Crippen LogP contribution in [0.15, 0.2) is 85.1 Å². The molecule has 3 aromatic carbocycles. The molecule has 7 heteroatoms. The minimum absolute atomic E-state index is 0.111. The van der Waals surface area contributed by atoms with Crippen LogP contribution >= 0.6 is 0 Å². The maximum atomic E-state index is 12.8. The van der Waals surface area contributed by atoms with Crippen molar-refractivity contribution in [1.29, 1.82) is 0 Å². The molecule has 2 heterocycles. The Hall–Kier alpha value is -3.97. The van der Waals surface area contributed by atoms with Crippen LogP contribution in [0, 0.1) is 0 Å². The number of piperazine rings is 1. The summed E-state index contributed by atoms with van der Waals surface area (Å²) in [4.78, 5) is 29.4. The molecule has 1 saturated heterocycles. The smallest absolute Gasteiger partial charge is 0.313 e. The van der Waals surface area contributed by atoms with E-state index in [0.717, 1.165) is 10.9 Å². The average molecular weight is 440 g/mol. The van der Waals surface area contributed by atoms with Gasteiger partial charge in [0.05, 0.1) is 17.8 Å². The molecule has 0 atom stereocenters. The van der Waals surface area contributed by atoms with E-state index in [1.54, 1.807) is 23.2 Å². The molecular weight excluding hydrogens is 414 g/mol. The van der Waals surface area contributed by atoms with Crippen molar-refractivity contribution >= 4 is 28.4 Å². The molecule has 0 unspecified atom stereocenters. The van der Waals surface area contributed by atoms with E-state index in [1.165, 1.54) is 11.1 Å². The van der Waals surface area contributed by atoms with Crippen LogP contribution in [0.1, 0.15) is 17.2 Å². The fourth-order valence-corrected chi connectivity index (χ4v) is 4.41. The molecule has 0 aliphatic carbocycles. The van der Waals surface area contributed by atoms with Gasteiger partial charge < -0.3 is 10.2 Å². The predicted molar refractivity (Wildman–Crippen MR) is 128 cm³/mol. The van der Waals surface area contributed by atoms with Crippen molar-refractivity contribution in [1.82, 2.24) is 20.0 Å². The Labute approximate surface area is 192 Å². The van der Waals surface area contributed by atoms with Gasteiger partial charge >= 0.3 is 11.8 Å². The monoisotopic (exact) mass is 439 g/mol. The van der Waals surface area contributed by atoms with Crippen LogP contribution < -0.4 is 5.32 Å². The number of nitrogens with one attached hydrogen (secondary N) is 2. The SMILES string of the molecule is O=C(Nc1ccc2cn[nH]c2c1)C(=O)N1CCN(C(c2ccccc2)c2ccccc2)CC1. The number of rotatable bonds is 4. The first-order valence-electron chi connectivity index (χ1n) is 11.1. The van der Waals surface area contributed by atoms with Gasteiger partial charge in [-0.15, -0.1) is 0 Å². The number of carbonyl (C=O) groups is 2. The molecule has 2 amide bonds. The summed E-state index contributed by atoms with van der Waals surface area (Å²) in [5.41, 5.74) is 3.81. The van der Waals surface area contributed by atoms with Gasteiger partial charge in [0.15, 0.2) is 0 Å². The molecule has 166 valence electrons. The maximum absolute atomic E-state index is 12.8. The van der Waals surface area contributed by atoms with Gasteiger partial charge in [0.25, 0.3) is 0 Å². The van der Waals surface area contributed by atoms with Crippen molar-refractivity contribution in [2.24, 2.45) is 0 Å². The number of H-pyrrole nitrogens is 1. The number of hydrogen-bond donors (Lipinski definition) is 2. The second kappa shape index (κ2) is 9.26. The highest BCUT2D eigenvalue weighted by Gasteiger charge is 2.30. The molecule has 0 bridgehead atoms. The standard InChI is InChI=1S/C26H25N5O2/c32-25(28-22-12-11-21-18-27-29-23(21)17-22)26(33)31-15-13-30(14-16-31)24(19-7-3-1-4-8-19)20-9-5-2-6-10-20/h1-12,17-18,24H,13-16H2,(H,27,29)(H,28,32).